The largest absolute Gasteiger partial charge is 0.444 e. The number of alkyl halides is 3. The third-order valence-corrected chi connectivity index (χ3v) is 2.62. The highest BCUT2D eigenvalue weighted by atomic mass is 19.4. The molecule has 2 N–H and O–H groups in total. The van der Waals surface area contributed by atoms with Crippen molar-refractivity contribution in [2.24, 2.45) is 0 Å². The van der Waals surface area contributed by atoms with Crippen LogP contribution in [-0.4, -0.2) is 49.7 Å². The number of rotatable bonds is 3. The van der Waals surface area contributed by atoms with Crippen LogP contribution in [0.5, 0.6) is 0 Å². The van der Waals surface area contributed by atoms with Crippen LogP contribution in [0.25, 0.3) is 0 Å². The summed E-state index contributed by atoms with van der Waals surface area (Å²) in [6.45, 7) is 4.55. The average Bonchev–Trinajstić information content (AvgIpc) is 2.24. The molecule has 1 heterocycles. The van der Waals surface area contributed by atoms with Crippen molar-refractivity contribution in [3.8, 4) is 0 Å². The molecule has 0 radical (unpaired) electrons. The molecule has 1 saturated heterocycles. The van der Waals surface area contributed by atoms with E-state index in [1.54, 1.807) is 20.8 Å². The van der Waals surface area contributed by atoms with Gasteiger partial charge in [-0.2, -0.15) is 13.2 Å². The summed E-state index contributed by atoms with van der Waals surface area (Å²) in [6, 6.07) is -1.03. The number of amides is 1. The van der Waals surface area contributed by atoms with Crippen LogP contribution in [0.4, 0.5) is 18.0 Å². The molecule has 0 aromatic heterocycles. The monoisotopic (exact) mass is 298 g/mol. The van der Waals surface area contributed by atoms with Crippen molar-refractivity contribution in [2.45, 2.75) is 51.1 Å². The highest BCUT2D eigenvalue weighted by Gasteiger charge is 2.33. The third kappa shape index (κ3) is 6.95. The molecule has 8 heteroatoms. The van der Waals surface area contributed by atoms with E-state index in [9.17, 15) is 18.0 Å². The van der Waals surface area contributed by atoms with E-state index in [1.165, 1.54) is 0 Å². The van der Waals surface area contributed by atoms with Crippen LogP contribution in [0, 0.1) is 0 Å². The Hall–Kier alpha value is -1.02. The molecule has 5 nitrogen and oxygen atoms in total. The normalized spacial score (nSPS) is 24.3. The zero-order chi connectivity index (χ0) is 15.4. The van der Waals surface area contributed by atoms with Gasteiger partial charge in [-0.25, -0.2) is 4.79 Å². The summed E-state index contributed by atoms with van der Waals surface area (Å²) in [5, 5.41) is 4.95. The van der Waals surface area contributed by atoms with Crippen LogP contribution < -0.4 is 10.6 Å². The van der Waals surface area contributed by atoms with E-state index in [0.29, 0.717) is 13.0 Å². The van der Waals surface area contributed by atoms with Gasteiger partial charge in [-0.15, -0.1) is 0 Å². The number of hydrogen-bond acceptors (Lipinski definition) is 4. The summed E-state index contributed by atoms with van der Waals surface area (Å²) in [5.74, 6) is 0. The molecule has 0 aromatic rings. The van der Waals surface area contributed by atoms with E-state index in [4.69, 9.17) is 9.47 Å². The van der Waals surface area contributed by atoms with Crippen molar-refractivity contribution in [1.29, 1.82) is 0 Å². The van der Waals surface area contributed by atoms with Gasteiger partial charge < -0.3 is 20.1 Å². The second-order valence-corrected chi connectivity index (χ2v) is 5.72. The Morgan fingerprint density at radius 2 is 1.95 bits per heavy atom. The smallest absolute Gasteiger partial charge is 0.407 e. The van der Waals surface area contributed by atoms with Crippen molar-refractivity contribution in [2.75, 3.05) is 19.8 Å². The minimum absolute atomic E-state index is 0.122. The number of hydrogen-bond donors (Lipinski definition) is 2. The lowest BCUT2D eigenvalue weighted by Gasteiger charge is -2.33. The summed E-state index contributed by atoms with van der Waals surface area (Å²) >= 11 is 0. The Morgan fingerprint density at radius 1 is 1.30 bits per heavy atom. The molecule has 0 aromatic carbocycles. The summed E-state index contributed by atoms with van der Waals surface area (Å²) in [6.07, 6.45) is -4.49. The van der Waals surface area contributed by atoms with E-state index >= 15 is 0 Å². The van der Waals surface area contributed by atoms with E-state index in [2.05, 4.69) is 10.6 Å². The van der Waals surface area contributed by atoms with Gasteiger partial charge in [0.2, 0.25) is 0 Å². The lowest BCUT2D eigenvalue weighted by molar-refractivity contribution is -0.128. The summed E-state index contributed by atoms with van der Waals surface area (Å²) in [4.78, 5) is 11.6. The quantitative estimate of drug-likeness (QED) is 0.834. The number of carbonyl (C=O) groups is 1. The molecule has 0 unspecified atom stereocenters. The Kier molecular flexibility index (Phi) is 5.64. The number of alkyl carbamates (subject to hydrolysis) is 1. The molecule has 1 fully saturated rings. The van der Waals surface area contributed by atoms with Gasteiger partial charge in [0.05, 0.1) is 25.2 Å². The standard InChI is InChI=1S/C12H21F3N2O3/c1-11(2,3)20-10(18)17-8-4-5-19-6-9(8)16-7-12(13,14)15/h8-9,16H,4-7H2,1-3H3,(H,17,18)/t8-,9-/m1/s1. The second kappa shape index (κ2) is 6.62. The summed E-state index contributed by atoms with van der Waals surface area (Å²) in [7, 11) is 0. The van der Waals surface area contributed by atoms with Gasteiger partial charge in [0.1, 0.15) is 5.60 Å². The number of ether oxygens (including phenoxy) is 2. The highest BCUT2D eigenvalue weighted by Crippen LogP contribution is 2.15. The van der Waals surface area contributed by atoms with Gasteiger partial charge in [0.25, 0.3) is 0 Å². The molecule has 1 rings (SSSR count). The lowest BCUT2D eigenvalue weighted by atomic mass is 10.0. The molecule has 0 bridgehead atoms. The zero-order valence-corrected chi connectivity index (χ0v) is 11.8. The maximum Gasteiger partial charge on any atom is 0.407 e. The SMILES string of the molecule is CC(C)(C)OC(=O)N[C@@H]1CCOC[C@H]1NCC(F)(F)F. The minimum atomic E-state index is -4.30. The molecule has 0 saturated carbocycles. The average molecular weight is 298 g/mol. The van der Waals surface area contributed by atoms with Crippen LogP contribution >= 0.6 is 0 Å². The second-order valence-electron chi connectivity index (χ2n) is 5.72. The van der Waals surface area contributed by atoms with Gasteiger partial charge >= 0.3 is 12.3 Å². The first-order chi connectivity index (χ1) is 9.07. The van der Waals surface area contributed by atoms with Crippen LogP contribution in [0.2, 0.25) is 0 Å². The van der Waals surface area contributed by atoms with Crippen molar-refractivity contribution in [3.05, 3.63) is 0 Å². The Labute approximate surface area is 116 Å². The van der Waals surface area contributed by atoms with E-state index in [0.717, 1.165) is 0 Å². The highest BCUT2D eigenvalue weighted by molar-refractivity contribution is 5.68. The zero-order valence-electron chi connectivity index (χ0n) is 11.8. The fourth-order valence-electron chi connectivity index (χ4n) is 1.82. The Bertz CT molecular complexity index is 329. The molecule has 0 aliphatic carbocycles. The topological polar surface area (TPSA) is 59.6 Å². The van der Waals surface area contributed by atoms with Gasteiger partial charge in [-0.05, 0) is 27.2 Å². The Morgan fingerprint density at radius 3 is 2.50 bits per heavy atom. The van der Waals surface area contributed by atoms with Crippen molar-refractivity contribution in [1.82, 2.24) is 10.6 Å². The molecule has 20 heavy (non-hydrogen) atoms. The Balaban J connectivity index is 2.49. The fourth-order valence-corrected chi connectivity index (χ4v) is 1.82. The van der Waals surface area contributed by atoms with E-state index < -0.39 is 36.5 Å². The molecule has 118 valence electrons. The molecule has 0 spiro atoms. The van der Waals surface area contributed by atoms with Gasteiger partial charge in [0, 0.05) is 6.61 Å². The third-order valence-electron chi connectivity index (χ3n) is 2.62. The van der Waals surface area contributed by atoms with Crippen LogP contribution in [0.1, 0.15) is 27.2 Å². The molecule has 1 aliphatic rings. The van der Waals surface area contributed by atoms with Crippen molar-refractivity contribution in [3.63, 3.8) is 0 Å². The number of nitrogens with one attached hydrogen (secondary N) is 2. The maximum absolute atomic E-state index is 12.2. The predicted octanol–water partition coefficient (Wildman–Crippen LogP) is 1.82. The van der Waals surface area contributed by atoms with Gasteiger partial charge in [0.15, 0.2) is 0 Å². The summed E-state index contributed by atoms with van der Waals surface area (Å²) < 4.78 is 46.9. The van der Waals surface area contributed by atoms with Gasteiger partial charge in [-0.1, -0.05) is 0 Å². The lowest BCUT2D eigenvalue weighted by Crippen LogP contribution is -2.57. The van der Waals surface area contributed by atoms with Crippen molar-refractivity contribution < 1.29 is 27.4 Å². The van der Waals surface area contributed by atoms with Crippen LogP contribution in [0.3, 0.4) is 0 Å². The van der Waals surface area contributed by atoms with Gasteiger partial charge in [-0.3, -0.25) is 0 Å². The first-order valence-electron chi connectivity index (χ1n) is 6.44. The molecule has 1 aliphatic heterocycles. The van der Waals surface area contributed by atoms with E-state index in [1.807, 2.05) is 0 Å². The van der Waals surface area contributed by atoms with E-state index in [-0.39, 0.29) is 6.61 Å². The first kappa shape index (κ1) is 17.0. The predicted molar refractivity (Wildman–Crippen MR) is 66.4 cm³/mol. The summed E-state index contributed by atoms with van der Waals surface area (Å²) in [5.41, 5.74) is -0.649. The molecule has 2 atom stereocenters. The first-order valence-corrected chi connectivity index (χ1v) is 6.44. The maximum atomic E-state index is 12.2. The molecular formula is C12H21F3N2O3. The van der Waals surface area contributed by atoms with Crippen LogP contribution in [-0.2, 0) is 9.47 Å². The number of halogens is 3. The molecular weight excluding hydrogens is 277 g/mol. The van der Waals surface area contributed by atoms with Crippen molar-refractivity contribution >= 4 is 6.09 Å². The number of carbonyl (C=O) groups excluding carboxylic acids is 1. The fraction of sp³-hybridized carbons (Fsp3) is 0.917. The van der Waals surface area contributed by atoms with Crippen LogP contribution in [0.15, 0.2) is 0 Å². The molecule has 1 amide bonds. The minimum Gasteiger partial charge on any atom is -0.444 e.